The predicted octanol–water partition coefficient (Wildman–Crippen LogP) is 2.57. The Bertz CT molecular complexity index is 495. The zero-order valence-corrected chi connectivity index (χ0v) is 10.5. The van der Waals surface area contributed by atoms with Crippen molar-refractivity contribution >= 4 is 11.4 Å². The van der Waals surface area contributed by atoms with Crippen molar-refractivity contribution in [1.82, 2.24) is 0 Å². The molecule has 0 spiro atoms. The van der Waals surface area contributed by atoms with E-state index < -0.39 is 0 Å². The third-order valence-corrected chi connectivity index (χ3v) is 2.45. The number of hydrogen-bond acceptors (Lipinski definition) is 4. The first-order valence-corrected chi connectivity index (χ1v) is 5.51. The van der Waals surface area contributed by atoms with E-state index in [1.165, 1.54) is 0 Å². The lowest BCUT2D eigenvalue weighted by molar-refractivity contribution is 0.477. The highest BCUT2D eigenvalue weighted by atomic mass is 16.3. The van der Waals surface area contributed by atoms with Crippen LogP contribution in [0.1, 0.15) is 11.1 Å². The number of phenolic OH excluding ortho intramolecular Hbond substituents is 2. The Morgan fingerprint density at radius 2 is 1.50 bits per heavy atom. The van der Waals surface area contributed by atoms with Crippen molar-refractivity contribution in [1.29, 1.82) is 0 Å². The molecule has 0 aliphatic rings. The average molecular weight is 246 g/mol. The number of aromatic hydroxyl groups is 2. The predicted molar refractivity (Wildman–Crippen MR) is 74.5 cm³/mol. The van der Waals surface area contributed by atoms with Gasteiger partial charge in [-0.15, -0.1) is 0 Å². The third kappa shape index (κ3) is 3.59. The van der Waals surface area contributed by atoms with Crippen LogP contribution in [0.5, 0.6) is 11.5 Å². The molecule has 6 N–H and O–H groups in total. The zero-order valence-electron chi connectivity index (χ0n) is 10.5. The maximum atomic E-state index is 9.16. The van der Waals surface area contributed by atoms with Crippen LogP contribution < -0.4 is 11.5 Å². The van der Waals surface area contributed by atoms with E-state index in [1.54, 1.807) is 30.3 Å². The lowest BCUT2D eigenvalue weighted by atomic mass is 10.1. The number of hydrogen-bond donors (Lipinski definition) is 4. The summed E-state index contributed by atoms with van der Waals surface area (Å²) in [4.78, 5) is 0. The van der Waals surface area contributed by atoms with Crippen LogP contribution in [-0.4, -0.2) is 10.2 Å². The molecule has 0 aliphatic heterocycles. The van der Waals surface area contributed by atoms with E-state index >= 15 is 0 Å². The Labute approximate surface area is 106 Å². The molecule has 0 fully saturated rings. The molecule has 2 aromatic rings. The van der Waals surface area contributed by atoms with E-state index in [1.807, 2.05) is 19.9 Å². The molecule has 0 saturated heterocycles. The molecule has 4 heteroatoms. The van der Waals surface area contributed by atoms with Gasteiger partial charge in [0.15, 0.2) is 0 Å². The zero-order chi connectivity index (χ0) is 13.7. The van der Waals surface area contributed by atoms with E-state index in [-0.39, 0.29) is 11.5 Å². The van der Waals surface area contributed by atoms with E-state index in [0.29, 0.717) is 11.4 Å². The maximum absolute atomic E-state index is 9.16. The van der Waals surface area contributed by atoms with Crippen molar-refractivity contribution in [2.24, 2.45) is 0 Å². The minimum absolute atomic E-state index is 0.146. The van der Waals surface area contributed by atoms with Crippen LogP contribution in [0, 0.1) is 13.8 Å². The fourth-order valence-corrected chi connectivity index (χ4v) is 1.44. The van der Waals surface area contributed by atoms with E-state index in [9.17, 15) is 0 Å². The van der Waals surface area contributed by atoms with Gasteiger partial charge in [0.2, 0.25) is 0 Å². The second-order valence-corrected chi connectivity index (χ2v) is 4.07. The smallest absolute Gasteiger partial charge is 0.138 e. The number of anilines is 2. The first kappa shape index (κ1) is 13.7. The molecule has 0 amide bonds. The molecular weight excluding hydrogens is 228 g/mol. The summed E-state index contributed by atoms with van der Waals surface area (Å²) in [7, 11) is 0. The van der Waals surface area contributed by atoms with Gasteiger partial charge in [0.1, 0.15) is 11.5 Å². The van der Waals surface area contributed by atoms with Gasteiger partial charge in [-0.3, -0.25) is 0 Å². The van der Waals surface area contributed by atoms with Gasteiger partial charge in [-0.1, -0.05) is 18.2 Å². The number of benzene rings is 2. The van der Waals surface area contributed by atoms with Crippen molar-refractivity contribution in [3.05, 3.63) is 47.5 Å². The van der Waals surface area contributed by atoms with E-state index in [2.05, 4.69) is 0 Å². The van der Waals surface area contributed by atoms with Gasteiger partial charge in [-0.2, -0.15) is 0 Å². The number of aryl methyl sites for hydroxylation is 2. The third-order valence-electron chi connectivity index (χ3n) is 2.45. The maximum Gasteiger partial charge on any atom is 0.138 e. The monoisotopic (exact) mass is 246 g/mol. The highest BCUT2D eigenvalue weighted by Crippen LogP contribution is 2.24. The summed E-state index contributed by atoms with van der Waals surface area (Å²) in [6, 6.07) is 10.3. The molecule has 2 aromatic carbocycles. The first-order chi connectivity index (χ1) is 8.41. The molecule has 18 heavy (non-hydrogen) atoms. The van der Waals surface area contributed by atoms with Gasteiger partial charge < -0.3 is 21.7 Å². The molecule has 96 valence electrons. The van der Waals surface area contributed by atoms with Crippen LogP contribution >= 0.6 is 0 Å². The molecule has 0 atom stereocenters. The standard InChI is InChI=1S/C8H11NO.C6H7NO/c1-5-3-6(2)8(9)7(10)4-5;7-5-3-1-2-4-6(5)8/h3-4,10H,9H2,1-2H3;1-4,8H,7H2. The molecule has 0 bridgehead atoms. The Hall–Kier alpha value is -2.36. The lowest BCUT2D eigenvalue weighted by Crippen LogP contribution is -1.90. The van der Waals surface area contributed by atoms with Crippen LogP contribution in [0.15, 0.2) is 36.4 Å². The number of nitrogen functional groups attached to an aromatic ring is 2. The fourth-order valence-electron chi connectivity index (χ4n) is 1.44. The normalized spacial score (nSPS) is 9.44. The highest BCUT2D eigenvalue weighted by molar-refractivity contribution is 5.58. The van der Waals surface area contributed by atoms with Gasteiger partial charge in [-0.05, 0) is 43.2 Å². The lowest BCUT2D eigenvalue weighted by Gasteiger charge is -2.03. The van der Waals surface area contributed by atoms with E-state index in [4.69, 9.17) is 21.7 Å². The molecular formula is C14H18N2O2. The number of nitrogens with two attached hydrogens (primary N) is 2. The van der Waals surface area contributed by atoms with Crippen LogP contribution in [0.25, 0.3) is 0 Å². The van der Waals surface area contributed by atoms with Crippen molar-refractivity contribution in [2.75, 3.05) is 11.5 Å². The largest absolute Gasteiger partial charge is 0.506 e. The van der Waals surface area contributed by atoms with E-state index in [0.717, 1.165) is 11.1 Å². The fraction of sp³-hybridized carbons (Fsp3) is 0.143. The number of rotatable bonds is 0. The summed E-state index contributed by atoms with van der Waals surface area (Å²) in [6.45, 7) is 3.80. The molecule has 0 heterocycles. The molecule has 4 nitrogen and oxygen atoms in total. The quantitative estimate of drug-likeness (QED) is 0.424. The second-order valence-electron chi connectivity index (χ2n) is 4.07. The van der Waals surface area contributed by atoms with Gasteiger partial charge in [0.25, 0.3) is 0 Å². The Morgan fingerprint density at radius 1 is 0.889 bits per heavy atom. The topological polar surface area (TPSA) is 92.5 Å². The summed E-state index contributed by atoms with van der Waals surface area (Å²) in [6.07, 6.45) is 0. The minimum atomic E-state index is 0.146. The van der Waals surface area contributed by atoms with Gasteiger partial charge in [0.05, 0.1) is 11.4 Å². The molecule has 0 aromatic heterocycles. The minimum Gasteiger partial charge on any atom is -0.506 e. The van der Waals surface area contributed by atoms with Gasteiger partial charge in [0, 0.05) is 0 Å². The molecule has 0 radical (unpaired) electrons. The average Bonchev–Trinajstić information content (AvgIpc) is 2.31. The number of para-hydroxylation sites is 2. The summed E-state index contributed by atoms with van der Waals surface area (Å²) < 4.78 is 0. The van der Waals surface area contributed by atoms with Crippen molar-refractivity contribution < 1.29 is 10.2 Å². The van der Waals surface area contributed by atoms with Crippen molar-refractivity contribution in [3.8, 4) is 11.5 Å². The van der Waals surface area contributed by atoms with Gasteiger partial charge >= 0.3 is 0 Å². The first-order valence-electron chi connectivity index (χ1n) is 5.51. The molecule has 0 unspecified atom stereocenters. The van der Waals surface area contributed by atoms with Crippen molar-refractivity contribution in [2.45, 2.75) is 13.8 Å². The summed E-state index contributed by atoms with van der Waals surface area (Å²) in [5, 5.41) is 18.0. The Kier molecular flexibility index (Phi) is 4.43. The Balaban J connectivity index is 0.000000184. The van der Waals surface area contributed by atoms with Gasteiger partial charge in [-0.25, -0.2) is 0 Å². The number of phenols is 2. The highest BCUT2D eigenvalue weighted by Gasteiger charge is 1.99. The van der Waals surface area contributed by atoms with Crippen molar-refractivity contribution in [3.63, 3.8) is 0 Å². The summed E-state index contributed by atoms with van der Waals surface area (Å²) in [5.74, 6) is 0.324. The molecule has 2 rings (SSSR count). The van der Waals surface area contributed by atoms with Crippen LogP contribution in [0.2, 0.25) is 0 Å². The van der Waals surface area contributed by atoms with Crippen LogP contribution in [0.3, 0.4) is 0 Å². The molecule has 0 saturated carbocycles. The second kappa shape index (κ2) is 5.82. The summed E-state index contributed by atoms with van der Waals surface area (Å²) >= 11 is 0. The van der Waals surface area contributed by atoms with Crippen LogP contribution in [0.4, 0.5) is 11.4 Å². The molecule has 0 aliphatic carbocycles. The Morgan fingerprint density at radius 3 is 1.94 bits per heavy atom. The summed E-state index contributed by atoms with van der Waals surface area (Å²) in [5.41, 5.74) is 13.6. The SMILES string of the molecule is Cc1cc(C)c(N)c(O)c1.Nc1ccccc1O. The van der Waals surface area contributed by atoms with Crippen LogP contribution in [-0.2, 0) is 0 Å².